The van der Waals surface area contributed by atoms with E-state index in [9.17, 15) is 19.8 Å². The smallest absolute Gasteiger partial charge is 0.323 e. The highest BCUT2D eigenvalue weighted by Crippen LogP contribution is 2.20. The Bertz CT molecular complexity index is 608. The van der Waals surface area contributed by atoms with Crippen LogP contribution in [0.3, 0.4) is 0 Å². The highest BCUT2D eigenvalue weighted by Gasteiger charge is 2.36. The highest BCUT2D eigenvalue weighted by atomic mass is 16.5. The number of hydrogen-bond acceptors (Lipinski definition) is 6. The Kier molecular flexibility index (Phi) is 8.22. The van der Waals surface area contributed by atoms with Crippen LogP contribution in [0.4, 0.5) is 0 Å². The van der Waals surface area contributed by atoms with Gasteiger partial charge in [0.15, 0.2) is 6.29 Å². The largest absolute Gasteiger partial charge is 0.465 e. The van der Waals surface area contributed by atoms with Crippen LogP contribution in [0.15, 0.2) is 30.3 Å². The number of nitrogens with zero attached hydrogens (tertiary/aromatic N) is 1. The van der Waals surface area contributed by atoms with E-state index in [4.69, 9.17) is 4.74 Å². The summed E-state index contributed by atoms with van der Waals surface area (Å²) < 4.78 is 5.15. The molecule has 0 aliphatic carbocycles. The molecule has 1 amide bonds. The molecule has 1 aromatic carbocycles. The van der Waals surface area contributed by atoms with Gasteiger partial charge in [0.2, 0.25) is 5.91 Å². The first-order valence-corrected chi connectivity index (χ1v) is 9.57. The van der Waals surface area contributed by atoms with Crippen LogP contribution in [0, 0.1) is 0 Å². The Balaban J connectivity index is 2.00. The molecule has 1 heterocycles. The SMILES string of the molecule is CCOC(=O)[C@H](CCc1ccccc1)NC(C)C(=O)N1CCCC1C(O)O. The molecular formula is C20H30N2O5. The Morgan fingerprint density at radius 2 is 2.00 bits per heavy atom. The third kappa shape index (κ3) is 6.02. The molecule has 1 aliphatic heterocycles. The summed E-state index contributed by atoms with van der Waals surface area (Å²) in [4.78, 5) is 26.6. The fraction of sp³-hybridized carbons (Fsp3) is 0.600. The normalized spacial score (nSPS) is 19.1. The average molecular weight is 378 g/mol. The van der Waals surface area contributed by atoms with Crippen molar-refractivity contribution in [3.8, 4) is 0 Å². The van der Waals surface area contributed by atoms with Gasteiger partial charge in [0.25, 0.3) is 0 Å². The molecule has 0 aromatic heterocycles. The first kappa shape index (κ1) is 21.3. The number of aliphatic hydroxyl groups excluding tert-OH is 1. The number of aryl methyl sites for hydroxylation is 1. The predicted molar refractivity (Wildman–Crippen MR) is 101 cm³/mol. The van der Waals surface area contributed by atoms with Crippen LogP contribution in [0.5, 0.6) is 0 Å². The van der Waals surface area contributed by atoms with Crippen molar-refractivity contribution in [3.63, 3.8) is 0 Å². The fourth-order valence-electron chi connectivity index (χ4n) is 3.47. The highest BCUT2D eigenvalue weighted by molar-refractivity contribution is 5.83. The number of nitrogens with one attached hydrogen (secondary N) is 1. The molecular weight excluding hydrogens is 348 g/mol. The number of aliphatic hydroxyl groups is 2. The van der Waals surface area contributed by atoms with E-state index in [1.54, 1.807) is 13.8 Å². The molecule has 0 radical (unpaired) electrons. The molecule has 1 aromatic rings. The maximum atomic E-state index is 12.7. The van der Waals surface area contributed by atoms with Crippen LogP contribution in [-0.4, -0.2) is 64.6 Å². The lowest BCUT2D eigenvalue weighted by Crippen LogP contribution is -2.53. The van der Waals surface area contributed by atoms with E-state index >= 15 is 0 Å². The van der Waals surface area contributed by atoms with E-state index in [1.165, 1.54) is 4.90 Å². The summed E-state index contributed by atoms with van der Waals surface area (Å²) in [6.07, 6.45) is 0.927. The molecule has 2 rings (SSSR count). The second-order valence-corrected chi connectivity index (χ2v) is 6.87. The Labute approximate surface area is 160 Å². The summed E-state index contributed by atoms with van der Waals surface area (Å²) in [7, 11) is 0. The lowest BCUT2D eigenvalue weighted by molar-refractivity contribution is -0.148. The number of carbonyl (C=O) groups excluding carboxylic acids is 2. The maximum Gasteiger partial charge on any atom is 0.323 e. The fourth-order valence-corrected chi connectivity index (χ4v) is 3.47. The van der Waals surface area contributed by atoms with Gasteiger partial charge in [-0.15, -0.1) is 0 Å². The number of carbonyl (C=O) groups is 2. The first-order valence-electron chi connectivity index (χ1n) is 9.57. The van der Waals surface area contributed by atoms with Crippen molar-refractivity contribution in [2.75, 3.05) is 13.2 Å². The summed E-state index contributed by atoms with van der Waals surface area (Å²) >= 11 is 0. The van der Waals surface area contributed by atoms with Gasteiger partial charge >= 0.3 is 5.97 Å². The third-order valence-electron chi connectivity index (χ3n) is 4.88. The van der Waals surface area contributed by atoms with Gasteiger partial charge in [0, 0.05) is 6.54 Å². The molecule has 0 spiro atoms. The number of ether oxygens (including phenoxy) is 1. The summed E-state index contributed by atoms with van der Waals surface area (Å²) in [6.45, 7) is 4.20. The predicted octanol–water partition coefficient (Wildman–Crippen LogP) is 0.831. The maximum absolute atomic E-state index is 12.7. The molecule has 1 saturated heterocycles. The Hall–Kier alpha value is -1.96. The van der Waals surface area contributed by atoms with Crippen molar-refractivity contribution >= 4 is 11.9 Å². The number of benzene rings is 1. The summed E-state index contributed by atoms with van der Waals surface area (Å²) in [6, 6.07) is 7.99. The molecule has 2 unspecified atom stereocenters. The number of likely N-dealkylation sites (tertiary alicyclic amines) is 1. The summed E-state index contributed by atoms with van der Waals surface area (Å²) in [5, 5.41) is 22.0. The second kappa shape index (κ2) is 10.4. The lowest BCUT2D eigenvalue weighted by atomic mass is 10.0. The van der Waals surface area contributed by atoms with Crippen molar-refractivity contribution in [1.82, 2.24) is 10.2 Å². The average Bonchev–Trinajstić information content (AvgIpc) is 3.15. The number of esters is 1. The molecule has 27 heavy (non-hydrogen) atoms. The summed E-state index contributed by atoms with van der Waals surface area (Å²) in [5.41, 5.74) is 1.11. The van der Waals surface area contributed by atoms with Gasteiger partial charge in [-0.3, -0.25) is 14.9 Å². The molecule has 7 heteroatoms. The van der Waals surface area contributed by atoms with Gasteiger partial charge in [-0.05, 0) is 45.1 Å². The molecule has 1 fully saturated rings. The van der Waals surface area contributed by atoms with E-state index in [1.807, 2.05) is 30.3 Å². The quantitative estimate of drug-likeness (QED) is 0.435. The van der Waals surface area contributed by atoms with Gasteiger partial charge in [0.05, 0.1) is 18.7 Å². The number of rotatable bonds is 9. The standard InChI is InChI=1S/C20H30N2O5/c1-3-27-20(26)16(12-11-15-8-5-4-6-9-15)21-14(2)18(23)22-13-7-10-17(22)19(24)25/h4-6,8-9,14,16-17,19,21,24-25H,3,7,10-13H2,1-2H3/t14?,16-,17?/m0/s1. The van der Waals surface area contributed by atoms with E-state index in [2.05, 4.69) is 5.32 Å². The van der Waals surface area contributed by atoms with Crippen LogP contribution < -0.4 is 5.32 Å². The Morgan fingerprint density at radius 1 is 1.30 bits per heavy atom. The topological polar surface area (TPSA) is 99.1 Å². The van der Waals surface area contributed by atoms with E-state index in [0.717, 1.165) is 12.0 Å². The first-order chi connectivity index (χ1) is 12.9. The van der Waals surface area contributed by atoms with Crippen molar-refractivity contribution in [2.45, 2.75) is 63.9 Å². The lowest BCUT2D eigenvalue weighted by Gasteiger charge is -2.30. The van der Waals surface area contributed by atoms with Crippen molar-refractivity contribution in [3.05, 3.63) is 35.9 Å². The monoisotopic (exact) mass is 378 g/mol. The molecule has 3 atom stereocenters. The minimum absolute atomic E-state index is 0.236. The molecule has 0 bridgehead atoms. The van der Waals surface area contributed by atoms with Crippen molar-refractivity contribution in [1.29, 1.82) is 0 Å². The van der Waals surface area contributed by atoms with Crippen LogP contribution >= 0.6 is 0 Å². The van der Waals surface area contributed by atoms with E-state index < -0.39 is 24.4 Å². The van der Waals surface area contributed by atoms with Crippen LogP contribution in [-0.2, 0) is 20.7 Å². The molecule has 1 aliphatic rings. The molecule has 3 N–H and O–H groups in total. The molecule has 7 nitrogen and oxygen atoms in total. The molecule has 0 saturated carbocycles. The van der Waals surface area contributed by atoms with Crippen LogP contribution in [0.2, 0.25) is 0 Å². The minimum atomic E-state index is -1.55. The Morgan fingerprint density at radius 3 is 2.63 bits per heavy atom. The van der Waals surface area contributed by atoms with Gasteiger partial charge < -0.3 is 19.8 Å². The van der Waals surface area contributed by atoms with Gasteiger partial charge in [0.1, 0.15) is 6.04 Å². The molecule has 150 valence electrons. The van der Waals surface area contributed by atoms with E-state index in [-0.39, 0.29) is 18.5 Å². The van der Waals surface area contributed by atoms with Crippen LogP contribution in [0.1, 0.15) is 38.7 Å². The van der Waals surface area contributed by atoms with Gasteiger partial charge in [-0.25, -0.2) is 0 Å². The van der Waals surface area contributed by atoms with Gasteiger partial charge in [-0.2, -0.15) is 0 Å². The van der Waals surface area contributed by atoms with E-state index in [0.29, 0.717) is 25.8 Å². The van der Waals surface area contributed by atoms with Gasteiger partial charge in [-0.1, -0.05) is 30.3 Å². The second-order valence-electron chi connectivity index (χ2n) is 6.87. The number of amides is 1. The zero-order valence-electron chi connectivity index (χ0n) is 16.0. The third-order valence-corrected chi connectivity index (χ3v) is 4.88. The summed E-state index contributed by atoms with van der Waals surface area (Å²) in [5.74, 6) is -0.618. The zero-order valence-corrected chi connectivity index (χ0v) is 16.0. The minimum Gasteiger partial charge on any atom is -0.465 e. The van der Waals surface area contributed by atoms with Crippen LogP contribution in [0.25, 0.3) is 0 Å². The zero-order chi connectivity index (χ0) is 19.8. The number of hydrogen-bond donors (Lipinski definition) is 3. The van der Waals surface area contributed by atoms with Crippen molar-refractivity contribution < 1.29 is 24.5 Å². The van der Waals surface area contributed by atoms with Crippen molar-refractivity contribution in [2.24, 2.45) is 0 Å².